The number of hydrogen-bond donors (Lipinski definition) is 2. The summed E-state index contributed by atoms with van der Waals surface area (Å²) >= 11 is 9.17. The molecule has 0 saturated heterocycles. The number of carbonyl (C=O) groups is 1. The van der Waals surface area contributed by atoms with Crippen LogP contribution in [0.5, 0.6) is 11.5 Å². The molecule has 0 atom stereocenters. The molecular weight excluding hydrogens is 472 g/mol. The van der Waals surface area contributed by atoms with E-state index in [1.165, 1.54) is 12.3 Å². The molecule has 0 saturated carbocycles. The van der Waals surface area contributed by atoms with Crippen LogP contribution in [-0.4, -0.2) is 23.8 Å². The SMILES string of the molecule is O=C(COc1ccc(Cl)cc1Br)N/N=C/c1cc(N=Nc2ccccc2)ccc1O. The molecule has 0 fully saturated rings. The Labute approximate surface area is 186 Å². The number of halogens is 2. The van der Waals surface area contributed by atoms with Crippen molar-refractivity contribution in [1.82, 2.24) is 5.43 Å². The number of ether oxygens (including phenoxy) is 1. The minimum Gasteiger partial charge on any atom is -0.507 e. The largest absolute Gasteiger partial charge is 0.507 e. The van der Waals surface area contributed by atoms with E-state index < -0.39 is 5.91 Å². The molecule has 0 bridgehead atoms. The minimum atomic E-state index is -0.465. The fourth-order valence-electron chi connectivity index (χ4n) is 2.26. The van der Waals surface area contributed by atoms with Crippen LogP contribution in [0, 0.1) is 0 Å². The van der Waals surface area contributed by atoms with Gasteiger partial charge in [0.25, 0.3) is 5.91 Å². The molecule has 0 radical (unpaired) electrons. The van der Waals surface area contributed by atoms with Crippen LogP contribution in [0.1, 0.15) is 5.56 Å². The van der Waals surface area contributed by atoms with E-state index in [9.17, 15) is 9.90 Å². The Morgan fingerprint density at radius 2 is 1.83 bits per heavy atom. The van der Waals surface area contributed by atoms with Crippen molar-refractivity contribution >= 4 is 51.0 Å². The maximum atomic E-state index is 11.9. The van der Waals surface area contributed by atoms with E-state index in [-0.39, 0.29) is 12.4 Å². The second kappa shape index (κ2) is 10.5. The third kappa shape index (κ3) is 6.40. The van der Waals surface area contributed by atoms with E-state index in [2.05, 4.69) is 36.7 Å². The van der Waals surface area contributed by atoms with E-state index in [1.807, 2.05) is 30.3 Å². The zero-order chi connectivity index (χ0) is 21.3. The van der Waals surface area contributed by atoms with Crippen LogP contribution in [0.2, 0.25) is 5.02 Å². The van der Waals surface area contributed by atoms with E-state index >= 15 is 0 Å². The Bertz CT molecular complexity index is 1090. The summed E-state index contributed by atoms with van der Waals surface area (Å²) in [7, 11) is 0. The molecule has 30 heavy (non-hydrogen) atoms. The molecule has 1 amide bonds. The smallest absolute Gasteiger partial charge is 0.277 e. The summed E-state index contributed by atoms with van der Waals surface area (Å²) in [5.41, 5.74) is 3.95. The molecule has 3 aromatic carbocycles. The third-order valence-electron chi connectivity index (χ3n) is 3.69. The van der Waals surface area contributed by atoms with Crippen molar-refractivity contribution in [2.45, 2.75) is 0 Å². The summed E-state index contributed by atoms with van der Waals surface area (Å²) in [4.78, 5) is 11.9. The first-order valence-corrected chi connectivity index (χ1v) is 9.88. The second-order valence-electron chi connectivity index (χ2n) is 5.94. The number of rotatable bonds is 7. The first-order valence-electron chi connectivity index (χ1n) is 8.71. The lowest BCUT2D eigenvalue weighted by molar-refractivity contribution is -0.123. The number of amides is 1. The van der Waals surface area contributed by atoms with Crippen LogP contribution in [0.4, 0.5) is 11.4 Å². The summed E-state index contributed by atoms with van der Waals surface area (Å²) in [6, 6.07) is 18.9. The van der Waals surface area contributed by atoms with Gasteiger partial charge in [-0.25, -0.2) is 5.43 Å². The fourth-order valence-corrected chi connectivity index (χ4v) is 3.06. The summed E-state index contributed by atoms with van der Waals surface area (Å²) in [6.07, 6.45) is 1.31. The van der Waals surface area contributed by atoms with Gasteiger partial charge in [0.2, 0.25) is 0 Å². The topological polar surface area (TPSA) is 95.6 Å². The van der Waals surface area contributed by atoms with E-state index in [0.717, 1.165) is 0 Å². The molecule has 7 nitrogen and oxygen atoms in total. The van der Waals surface area contributed by atoms with Crippen LogP contribution in [0.3, 0.4) is 0 Å². The Balaban J connectivity index is 1.57. The predicted octanol–water partition coefficient (Wildman–Crippen LogP) is 5.75. The summed E-state index contributed by atoms with van der Waals surface area (Å²) in [6.45, 7) is -0.241. The highest BCUT2D eigenvalue weighted by molar-refractivity contribution is 9.10. The van der Waals surface area contributed by atoms with Gasteiger partial charge in [0, 0.05) is 10.6 Å². The molecule has 0 aliphatic heterocycles. The van der Waals surface area contributed by atoms with Gasteiger partial charge in [-0.1, -0.05) is 29.8 Å². The van der Waals surface area contributed by atoms with Gasteiger partial charge < -0.3 is 9.84 Å². The molecule has 0 aliphatic rings. The molecule has 3 aromatic rings. The normalized spacial score (nSPS) is 11.1. The number of phenols is 1. The maximum absolute atomic E-state index is 11.9. The van der Waals surface area contributed by atoms with Gasteiger partial charge in [-0.2, -0.15) is 15.3 Å². The van der Waals surface area contributed by atoms with Crippen LogP contribution in [0.15, 0.2) is 86.5 Å². The van der Waals surface area contributed by atoms with E-state index in [1.54, 1.807) is 30.3 Å². The van der Waals surface area contributed by atoms with Gasteiger partial charge in [0.15, 0.2) is 6.61 Å². The monoisotopic (exact) mass is 486 g/mol. The number of nitrogens with zero attached hydrogens (tertiary/aromatic N) is 3. The molecule has 0 unspecified atom stereocenters. The summed E-state index contributed by atoms with van der Waals surface area (Å²) in [5, 5.41) is 22.6. The van der Waals surface area contributed by atoms with Crippen LogP contribution >= 0.6 is 27.5 Å². The zero-order valence-electron chi connectivity index (χ0n) is 15.5. The van der Waals surface area contributed by atoms with Gasteiger partial charge in [-0.05, 0) is 64.5 Å². The molecule has 152 valence electrons. The van der Waals surface area contributed by atoms with E-state index in [0.29, 0.717) is 32.2 Å². The van der Waals surface area contributed by atoms with Crippen molar-refractivity contribution in [3.63, 3.8) is 0 Å². The van der Waals surface area contributed by atoms with Crippen LogP contribution in [-0.2, 0) is 4.79 Å². The van der Waals surface area contributed by atoms with Gasteiger partial charge in [0.1, 0.15) is 11.5 Å². The molecule has 0 heterocycles. The number of hydrazone groups is 1. The van der Waals surface area contributed by atoms with Crippen LogP contribution in [0.25, 0.3) is 0 Å². The van der Waals surface area contributed by atoms with E-state index in [4.69, 9.17) is 16.3 Å². The molecule has 0 aromatic heterocycles. The van der Waals surface area contributed by atoms with Crippen molar-refractivity contribution in [3.8, 4) is 11.5 Å². The predicted molar refractivity (Wildman–Crippen MR) is 119 cm³/mol. The zero-order valence-corrected chi connectivity index (χ0v) is 17.8. The Morgan fingerprint density at radius 3 is 2.60 bits per heavy atom. The van der Waals surface area contributed by atoms with Crippen molar-refractivity contribution in [1.29, 1.82) is 0 Å². The molecular formula is C21H16BrClN4O3. The number of hydrogen-bond acceptors (Lipinski definition) is 6. The number of azo groups is 1. The lowest BCUT2D eigenvalue weighted by Gasteiger charge is -2.07. The van der Waals surface area contributed by atoms with Crippen molar-refractivity contribution in [3.05, 3.63) is 81.8 Å². The molecule has 0 spiro atoms. The Morgan fingerprint density at radius 1 is 1.07 bits per heavy atom. The quantitative estimate of drug-likeness (QED) is 0.252. The molecule has 0 aliphatic carbocycles. The van der Waals surface area contributed by atoms with Gasteiger partial charge in [-0.3, -0.25) is 4.79 Å². The highest BCUT2D eigenvalue weighted by atomic mass is 79.9. The average molecular weight is 488 g/mol. The number of phenolic OH excluding ortho intramolecular Hbond substituents is 1. The van der Waals surface area contributed by atoms with Gasteiger partial charge in [0.05, 0.1) is 22.1 Å². The lowest BCUT2D eigenvalue weighted by atomic mass is 10.2. The second-order valence-corrected chi connectivity index (χ2v) is 7.23. The molecule has 2 N–H and O–H groups in total. The van der Waals surface area contributed by atoms with Crippen LogP contribution < -0.4 is 10.2 Å². The number of carbonyl (C=O) groups excluding carboxylic acids is 1. The summed E-state index contributed by atoms with van der Waals surface area (Å²) < 4.78 is 6.04. The number of aromatic hydroxyl groups is 1. The standard InChI is InChI=1S/C21H16BrClN4O3/c22-18-11-15(23)6-9-20(18)30-13-21(29)27-24-12-14-10-17(7-8-19(14)28)26-25-16-4-2-1-3-5-16/h1-12,28H,13H2,(H,27,29)/b24-12+,26-25?. The van der Waals surface area contributed by atoms with Crippen molar-refractivity contribution in [2.24, 2.45) is 15.3 Å². The van der Waals surface area contributed by atoms with Crippen molar-refractivity contribution < 1.29 is 14.6 Å². The Hall–Kier alpha value is -3.23. The molecule has 9 heteroatoms. The van der Waals surface area contributed by atoms with Gasteiger partial charge in [-0.15, -0.1) is 0 Å². The third-order valence-corrected chi connectivity index (χ3v) is 4.55. The Kier molecular flexibility index (Phi) is 7.53. The molecule has 3 rings (SSSR count). The average Bonchev–Trinajstić information content (AvgIpc) is 2.74. The highest BCUT2D eigenvalue weighted by Crippen LogP contribution is 2.28. The summed E-state index contributed by atoms with van der Waals surface area (Å²) in [5.74, 6) is 0.00756. The minimum absolute atomic E-state index is 0.00648. The lowest BCUT2D eigenvalue weighted by Crippen LogP contribution is -2.24. The van der Waals surface area contributed by atoms with Crippen molar-refractivity contribution in [2.75, 3.05) is 6.61 Å². The first-order chi connectivity index (χ1) is 14.5. The highest BCUT2D eigenvalue weighted by Gasteiger charge is 2.06. The van der Waals surface area contributed by atoms with Gasteiger partial charge >= 0.3 is 0 Å². The first kappa shape index (κ1) is 21.5. The maximum Gasteiger partial charge on any atom is 0.277 e. The number of nitrogens with one attached hydrogen (secondary N) is 1. The fraction of sp³-hybridized carbons (Fsp3) is 0.0476. The number of benzene rings is 3.